The molecule has 0 radical (unpaired) electrons. The lowest BCUT2D eigenvalue weighted by molar-refractivity contribution is 0.0716. The van der Waals surface area contributed by atoms with Gasteiger partial charge in [0.05, 0.1) is 19.4 Å². The number of ether oxygens (including phenoxy) is 2. The molecule has 1 aliphatic heterocycles. The first-order chi connectivity index (χ1) is 12.7. The topological polar surface area (TPSA) is 72.1 Å². The van der Waals surface area contributed by atoms with E-state index in [2.05, 4.69) is 0 Å². The summed E-state index contributed by atoms with van der Waals surface area (Å²) in [5.41, 5.74) is 1.14. The predicted molar refractivity (Wildman–Crippen MR) is 93.0 cm³/mol. The average molecular weight is 351 g/mol. The van der Waals surface area contributed by atoms with Crippen molar-refractivity contribution in [3.63, 3.8) is 0 Å². The zero-order valence-corrected chi connectivity index (χ0v) is 13.9. The lowest BCUT2D eigenvalue weighted by Gasteiger charge is -2.22. The molecule has 0 atom stereocenters. The van der Waals surface area contributed by atoms with Gasteiger partial charge >= 0.3 is 0 Å². The van der Waals surface area contributed by atoms with Crippen molar-refractivity contribution < 1.29 is 23.8 Å². The number of benzene rings is 2. The molecule has 132 valence electrons. The third-order valence-corrected chi connectivity index (χ3v) is 4.19. The van der Waals surface area contributed by atoms with Crippen LogP contribution in [0.5, 0.6) is 17.2 Å². The molecule has 0 saturated carbocycles. The number of hydrogen-bond acceptors (Lipinski definition) is 5. The van der Waals surface area contributed by atoms with E-state index in [0.717, 1.165) is 0 Å². The van der Waals surface area contributed by atoms with Crippen molar-refractivity contribution in [2.45, 2.75) is 13.1 Å². The lowest BCUT2D eigenvalue weighted by Crippen LogP contribution is -2.30. The third-order valence-electron chi connectivity index (χ3n) is 4.19. The van der Waals surface area contributed by atoms with Crippen LogP contribution in [0.15, 0.2) is 65.3 Å². The molecule has 0 unspecified atom stereocenters. The van der Waals surface area contributed by atoms with Crippen molar-refractivity contribution in [1.82, 2.24) is 4.90 Å². The molecular weight excluding hydrogens is 334 g/mol. The van der Waals surface area contributed by atoms with E-state index in [9.17, 15) is 9.90 Å². The fourth-order valence-electron chi connectivity index (χ4n) is 2.85. The molecular formula is C20H17NO5. The minimum absolute atomic E-state index is 0.149. The molecule has 1 aromatic heterocycles. The van der Waals surface area contributed by atoms with Crippen LogP contribution in [-0.4, -0.2) is 22.7 Å². The summed E-state index contributed by atoms with van der Waals surface area (Å²) in [5, 5.41) is 10.1. The number of para-hydroxylation sites is 1. The summed E-state index contributed by atoms with van der Waals surface area (Å²) >= 11 is 0. The molecule has 2 aromatic carbocycles. The molecule has 3 aromatic rings. The Kier molecular flexibility index (Phi) is 4.23. The third kappa shape index (κ3) is 3.21. The number of carbonyl (C=O) groups is 1. The normalized spacial score (nSPS) is 12.2. The Morgan fingerprint density at radius 1 is 1.00 bits per heavy atom. The number of phenolic OH excluding ortho intramolecular Hbond substituents is 1. The van der Waals surface area contributed by atoms with Gasteiger partial charge in [-0.3, -0.25) is 4.79 Å². The van der Waals surface area contributed by atoms with E-state index in [1.54, 1.807) is 53.6 Å². The van der Waals surface area contributed by atoms with Crippen molar-refractivity contribution in [3.8, 4) is 17.2 Å². The van der Waals surface area contributed by atoms with Gasteiger partial charge < -0.3 is 23.9 Å². The minimum atomic E-state index is -0.192. The van der Waals surface area contributed by atoms with Crippen LogP contribution in [-0.2, 0) is 13.1 Å². The van der Waals surface area contributed by atoms with E-state index >= 15 is 0 Å². The molecule has 1 amide bonds. The van der Waals surface area contributed by atoms with E-state index in [1.807, 2.05) is 12.1 Å². The molecule has 0 fully saturated rings. The first-order valence-corrected chi connectivity index (χ1v) is 8.19. The Labute approximate surface area is 150 Å². The number of nitrogens with zero attached hydrogens (tertiary/aromatic N) is 1. The highest BCUT2D eigenvalue weighted by Gasteiger charge is 2.22. The van der Waals surface area contributed by atoms with E-state index in [1.165, 1.54) is 0 Å². The summed E-state index contributed by atoms with van der Waals surface area (Å²) < 4.78 is 16.0. The monoisotopic (exact) mass is 351 g/mol. The van der Waals surface area contributed by atoms with E-state index in [0.29, 0.717) is 28.4 Å². The fraction of sp³-hybridized carbons (Fsp3) is 0.150. The van der Waals surface area contributed by atoms with E-state index in [-0.39, 0.29) is 31.5 Å². The number of fused-ring (bicyclic) bond motifs is 1. The molecule has 1 aliphatic rings. The fourth-order valence-corrected chi connectivity index (χ4v) is 2.85. The van der Waals surface area contributed by atoms with Crippen LogP contribution in [0.3, 0.4) is 0 Å². The van der Waals surface area contributed by atoms with Gasteiger partial charge in [-0.1, -0.05) is 18.2 Å². The molecule has 0 aliphatic carbocycles. The largest absolute Gasteiger partial charge is 0.508 e. The van der Waals surface area contributed by atoms with Gasteiger partial charge in [-0.05, 0) is 36.4 Å². The van der Waals surface area contributed by atoms with Crippen LogP contribution in [0.2, 0.25) is 0 Å². The van der Waals surface area contributed by atoms with Crippen LogP contribution in [0.25, 0.3) is 0 Å². The molecule has 6 heteroatoms. The number of furan rings is 1. The summed E-state index contributed by atoms with van der Waals surface area (Å²) in [6.45, 7) is 0.691. The number of aromatic hydroxyl groups is 1. The van der Waals surface area contributed by atoms with Crippen molar-refractivity contribution in [3.05, 3.63) is 77.7 Å². The molecule has 0 saturated heterocycles. The van der Waals surface area contributed by atoms with Gasteiger partial charge in [0.1, 0.15) is 11.5 Å². The highest BCUT2D eigenvalue weighted by atomic mass is 16.7. The van der Waals surface area contributed by atoms with Crippen LogP contribution in [0.1, 0.15) is 21.7 Å². The number of phenols is 1. The number of hydrogen-bond donors (Lipinski definition) is 1. The maximum atomic E-state index is 13.1. The summed E-state index contributed by atoms with van der Waals surface area (Å²) in [6.07, 6.45) is 1.57. The van der Waals surface area contributed by atoms with Crippen LogP contribution in [0, 0.1) is 0 Å². The van der Waals surface area contributed by atoms with Gasteiger partial charge in [0.2, 0.25) is 6.79 Å². The van der Waals surface area contributed by atoms with Crippen LogP contribution >= 0.6 is 0 Å². The molecule has 6 nitrogen and oxygen atoms in total. The van der Waals surface area contributed by atoms with Gasteiger partial charge in [0.25, 0.3) is 5.91 Å². The highest BCUT2D eigenvalue weighted by Crippen LogP contribution is 2.33. The maximum Gasteiger partial charge on any atom is 0.254 e. The van der Waals surface area contributed by atoms with Crippen LogP contribution in [0.4, 0.5) is 0 Å². The standard InChI is InChI=1S/C20H17NO5/c22-17-6-2-1-4-15(17)11-21(12-16-5-3-9-24-16)20(23)14-7-8-18-19(10-14)26-13-25-18/h1-10,22H,11-13H2. The molecule has 4 rings (SSSR count). The first-order valence-electron chi connectivity index (χ1n) is 8.19. The Balaban J connectivity index is 1.63. The lowest BCUT2D eigenvalue weighted by atomic mass is 10.1. The molecule has 0 bridgehead atoms. The molecule has 1 N–H and O–H groups in total. The quantitative estimate of drug-likeness (QED) is 0.761. The average Bonchev–Trinajstić information content (AvgIpc) is 3.33. The minimum Gasteiger partial charge on any atom is -0.508 e. The molecule has 26 heavy (non-hydrogen) atoms. The second-order valence-corrected chi connectivity index (χ2v) is 5.94. The summed E-state index contributed by atoms with van der Waals surface area (Å²) in [4.78, 5) is 14.7. The van der Waals surface area contributed by atoms with Crippen molar-refractivity contribution in [1.29, 1.82) is 0 Å². The SMILES string of the molecule is O=C(c1ccc2c(c1)OCO2)N(Cc1ccco1)Cc1ccccc1O. The van der Waals surface area contributed by atoms with Crippen molar-refractivity contribution in [2.24, 2.45) is 0 Å². The van der Waals surface area contributed by atoms with Crippen molar-refractivity contribution >= 4 is 5.91 Å². The van der Waals surface area contributed by atoms with Crippen LogP contribution < -0.4 is 9.47 Å². The van der Waals surface area contributed by atoms with Crippen molar-refractivity contribution in [2.75, 3.05) is 6.79 Å². The Hall–Kier alpha value is -3.41. The molecule has 2 heterocycles. The van der Waals surface area contributed by atoms with Gasteiger partial charge in [-0.2, -0.15) is 0 Å². The van der Waals surface area contributed by atoms with Gasteiger partial charge in [-0.25, -0.2) is 0 Å². The maximum absolute atomic E-state index is 13.1. The van der Waals surface area contributed by atoms with Gasteiger partial charge in [0.15, 0.2) is 11.5 Å². The highest BCUT2D eigenvalue weighted by molar-refractivity contribution is 5.95. The Morgan fingerprint density at radius 3 is 2.65 bits per heavy atom. The smallest absolute Gasteiger partial charge is 0.254 e. The summed E-state index contributed by atoms with van der Waals surface area (Å²) in [7, 11) is 0. The second-order valence-electron chi connectivity index (χ2n) is 5.94. The number of rotatable bonds is 5. The van der Waals surface area contributed by atoms with E-state index in [4.69, 9.17) is 13.9 Å². The zero-order valence-electron chi connectivity index (χ0n) is 13.9. The predicted octanol–water partition coefficient (Wildman–Crippen LogP) is 3.56. The van der Waals surface area contributed by atoms with E-state index < -0.39 is 0 Å². The van der Waals surface area contributed by atoms with Gasteiger partial charge in [0, 0.05) is 11.1 Å². The summed E-state index contributed by atoms with van der Waals surface area (Å²) in [6, 6.07) is 15.6. The Bertz CT molecular complexity index is 920. The number of amides is 1. The zero-order chi connectivity index (χ0) is 17.9. The molecule has 0 spiro atoms. The summed E-state index contributed by atoms with van der Waals surface area (Å²) in [5.74, 6) is 1.80. The second kappa shape index (κ2) is 6.84. The Morgan fingerprint density at radius 2 is 1.85 bits per heavy atom. The first kappa shape index (κ1) is 16.1. The van der Waals surface area contributed by atoms with Gasteiger partial charge in [-0.15, -0.1) is 0 Å². The number of carbonyl (C=O) groups excluding carboxylic acids is 1.